The molecule has 2 fully saturated rings. The van der Waals surface area contributed by atoms with E-state index in [4.69, 9.17) is 5.10 Å². The lowest BCUT2D eigenvalue weighted by Gasteiger charge is -2.30. The number of aryl methyl sites for hydroxylation is 1. The van der Waals surface area contributed by atoms with Gasteiger partial charge in [0.05, 0.1) is 17.4 Å². The summed E-state index contributed by atoms with van der Waals surface area (Å²) in [6, 6.07) is 8.16. The van der Waals surface area contributed by atoms with E-state index in [2.05, 4.69) is 16.8 Å². The Balaban J connectivity index is 1.60. The van der Waals surface area contributed by atoms with E-state index in [-0.39, 0.29) is 17.1 Å². The summed E-state index contributed by atoms with van der Waals surface area (Å²) < 4.78 is 15.6. The molecule has 0 spiro atoms. The fourth-order valence-corrected chi connectivity index (χ4v) is 4.36. The lowest BCUT2D eigenvalue weighted by molar-refractivity contribution is 0.453. The van der Waals surface area contributed by atoms with Crippen LogP contribution in [-0.2, 0) is 12.0 Å². The van der Waals surface area contributed by atoms with E-state index in [1.54, 1.807) is 0 Å². The standard InChI is InChI=1S/C19H19FN4O/c1-2-14-11-24-17(21-14)5-6-18(22-24)23-8-7-12-10-19(12,23)15-9-13(20)3-4-16(15)25/h3-6,9,11-12,25H,2,7-8,10H2,1H3. The molecular weight excluding hydrogens is 319 g/mol. The number of rotatable bonds is 3. The van der Waals surface area contributed by atoms with Crippen LogP contribution < -0.4 is 4.90 Å². The highest BCUT2D eigenvalue weighted by Gasteiger charge is 2.64. The number of fused-ring (bicyclic) bond motifs is 2. The molecule has 2 unspecified atom stereocenters. The average Bonchev–Trinajstić information content (AvgIpc) is 3.01. The molecule has 1 N–H and O–H groups in total. The summed E-state index contributed by atoms with van der Waals surface area (Å²) in [4.78, 5) is 6.74. The predicted octanol–water partition coefficient (Wildman–Crippen LogP) is 3.26. The van der Waals surface area contributed by atoms with E-state index < -0.39 is 0 Å². The van der Waals surface area contributed by atoms with Gasteiger partial charge in [-0.3, -0.25) is 0 Å². The Bertz CT molecular complexity index is 985. The van der Waals surface area contributed by atoms with Gasteiger partial charge >= 0.3 is 0 Å². The molecule has 25 heavy (non-hydrogen) atoms. The first-order valence-electron chi connectivity index (χ1n) is 8.74. The van der Waals surface area contributed by atoms with Crippen molar-refractivity contribution in [3.63, 3.8) is 0 Å². The summed E-state index contributed by atoms with van der Waals surface area (Å²) in [5.74, 6) is 1.13. The molecule has 1 saturated heterocycles. The van der Waals surface area contributed by atoms with Gasteiger partial charge in [0.1, 0.15) is 17.4 Å². The van der Waals surface area contributed by atoms with Gasteiger partial charge in [-0.1, -0.05) is 6.92 Å². The predicted molar refractivity (Wildman–Crippen MR) is 92.2 cm³/mol. The Morgan fingerprint density at radius 1 is 1.32 bits per heavy atom. The lowest BCUT2D eigenvalue weighted by atomic mass is 10.0. The zero-order chi connectivity index (χ0) is 17.2. The molecule has 0 amide bonds. The molecule has 0 bridgehead atoms. The summed E-state index contributed by atoms with van der Waals surface area (Å²) >= 11 is 0. The largest absolute Gasteiger partial charge is 0.508 e. The molecule has 6 heteroatoms. The van der Waals surface area contributed by atoms with Crippen molar-refractivity contribution in [1.82, 2.24) is 14.6 Å². The van der Waals surface area contributed by atoms with Crippen molar-refractivity contribution >= 4 is 11.5 Å². The molecule has 1 aliphatic carbocycles. The molecule has 1 aromatic carbocycles. The number of imidazole rings is 1. The van der Waals surface area contributed by atoms with Crippen molar-refractivity contribution in [2.75, 3.05) is 11.4 Å². The van der Waals surface area contributed by atoms with E-state index in [1.165, 1.54) is 18.2 Å². The fourth-order valence-electron chi connectivity index (χ4n) is 4.36. The van der Waals surface area contributed by atoms with Gasteiger partial charge in [0.15, 0.2) is 5.65 Å². The monoisotopic (exact) mass is 338 g/mol. The number of aromatic hydroxyl groups is 1. The van der Waals surface area contributed by atoms with Gasteiger partial charge in [-0.15, -0.1) is 5.10 Å². The van der Waals surface area contributed by atoms with E-state index in [1.807, 2.05) is 22.8 Å². The van der Waals surface area contributed by atoms with Crippen LogP contribution in [0.2, 0.25) is 0 Å². The normalized spacial score (nSPS) is 24.7. The van der Waals surface area contributed by atoms with Gasteiger partial charge in [-0.25, -0.2) is 13.9 Å². The van der Waals surface area contributed by atoms with Gasteiger partial charge in [-0.2, -0.15) is 0 Å². The number of phenols is 1. The topological polar surface area (TPSA) is 53.7 Å². The molecule has 2 aromatic heterocycles. The van der Waals surface area contributed by atoms with Gasteiger partial charge < -0.3 is 10.0 Å². The Hall–Kier alpha value is -2.63. The highest BCUT2D eigenvalue weighted by Crippen LogP contribution is 2.64. The second kappa shape index (κ2) is 4.94. The van der Waals surface area contributed by atoms with Crippen molar-refractivity contribution in [1.29, 1.82) is 0 Å². The summed E-state index contributed by atoms with van der Waals surface area (Å²) in [6.45, 7) is 2.92. The second-order valence-electron chi connectivity index (χ2n) is 7.01. The van der Waals surface area contributed by atoms with Crippen molar-refractivity contribution in [3.05, 3.63) is 53.6 Å². The van der Waals surface area contributed by atoms with Crippen molar-refractivity contribution in [2.24, 2.45) is 5.92 Å². The molecule has 5 rings (SSSR count). The molecule has 5 nitrogen and oxygen atoms in total. The van der Waals surface area contributed by atoms with Crippen LogP contribution in [0.25, 0.3) is 5.65 Å². The number of halogens is 1. The molecule has 2 aliphatic rings. The average molecular weight is 338 g/mol. The maximum Gasteiger partial charge on any atom is 0.153 e. The Kier molecular flexibility index (Phi) is 2.90. The molecule has 3 heterocycles. The Morgan fingerprint density at radius 3 is 3.00 bits per heavy atom. The first-order valence-corrected chi connectivity index (χ1v) is 8.74. The lowest BCUT2D eigenvalue weighted by Crippen LogP contribution is -2.34. The zero-order valence-electron chi connectivity index (χ0n) is 14.0. The molecule has 0 radical (unpaired) electrons. The zero-order valence-corrected chi connectivity index (χ0v) is 14.0. The first-order chi connectivity index (χ1) is 12.1. The van der Waals surface area contributed by atoms with Crippen LogP contribution in [0.5, 0.6) is 5.75 Å². The first kappa shape index (κ1) is 14.7. The minimum Gasteiger partial charge on any atom is -0.508 e. The summed E-state index contributed by atoms with van der Waals surface area (Å²) in [5.41, 5.74) is 2.18. The highest BCUT2D eigenvalue weighted by molar-refractivity contribution is 5.58. The summed E-state index contributed by atoms with van der Waals surface area (Å²) in [7, 11) is 0. The Labute approximate surface area is 144 Å². The molecule has 1 aliphatic heterocycles. The summed E-state index contributed by atoms with van der Waals surface area (Å²) in [6.07, 6.45) is 4.77. The van der Waals surface area contributed by atoms with Crippen LogP contribution in [0.1, 0.15) is 31.0 Å². The van der Waals surface area contributed by atoms with Crippen molar-refractivity contribution in [3.8, 4) is 5.75 Å². The van der Waals surface area contributed by atoms with E-state index in [9.17, 15) is 9.50 Å². The molecular formula is C19H19FN4O. The van der Waals surface area contributed by atoms with Gasteiger partial charge in [0.25, 0.3) is 0 Å². The number of piperidine rings is 1. The maximum absolute atomic E-state index is 13.8. The third-order valence-corrected chi connectivity index (χ3v) is 5.68. The Morgan fingerprint density at radius 2 is 2.20 bits per heavy atom. The number of hydrogen-bond donors (Lipinski definition) is 1. The maximum atomic E-state index is 13.8. The van der Waals surface area contributed by atoms with Gasteiger partial charge in [-0.05, 0) is 55.5 Å². The molecule has 3 aromatic rings. The van der Waals surface area contributed by atoms with Crippen LogP contribution in [0.15, 0.2) is 36.5 Å². The number of hydrogen-bond acceptors (Lipinski definition) is 4. The van der Waals surface area contributed by atoms with Crippen LogP contribution in [-0.4, -0.2) is 26.2 Å². The van der Waals surface area contributed by atoms with E-state index in [0.717, 1.165) is 43.0 Å². The SMILES string of the molecule is CCc1cn2nc(N3CCC4CC43c3cc(F)ccc3O)ccc2n1. The summed E-state index contributed by atoms with van der Waals surface area (Å²) in [5, 5.41) is 15.1. The van der Waals surface area contributed by atoms with Crippen LogP contribution in [0.3, 0.4) is 0 Å². The number of phenolic OH excluding ortho intramolecular Hbond substituents is 1. The molecule has 1 saturated carbocycles. The third kappa shape index (κ3) is 2.00. The van der Waals surface area contributed by atoms with E-state index >= 15 is 0 Å². The number of benzene rings is 1. The minimum absolute atomic E-state index is 0.160. The van der Waals surface area contributed by atoms with Gasteiger partial charge in [0, 0.05) is 12.1 Å². The van der Waals surface area contributed by atoms with E-state index in [0.29, 0.717) is 11.5 Å². The van der Waals surface area contributed by atoms with Crippen LogP contribution in [0, 0.1) is 11.7 Å². The number of aromatic nitrogens is 3. The number of anilines is 1. The molecule has 128 valence electrons. The smallest absolute Gasteiger partial charge is 0.153 e. The van der Waals surface area contributed by atoms with Gasteiger partial charge in [0.2, 0.25) is 0 Å². The van der Waals surface area contributed by atoms with Crippen LogP contribution in [0.4, 0.5) is 10.2 Å². The quantitative estimate of drug-likeness (QED) is 0.796. The van der Waals surface area contributed by atoms with Crippen LogP contribution >= 0.6 is 0 Å². The van der Waals surface area contributed by atoms with Crippen molar-refractivity contribution < 1.29 is 9.50 Å². The minimum atomic E-state index is -0.332. The molecule has 2 atom stereocenters. The third-order valence-electron chi connectivity index (χ3n) is 5.68. The fraction of sp³-hybridized carbons (Fsp3) is 0.368. The van der Waals surface area contributed by atoms with Crippen molar-refractivity contribution in [2.45, 2.75) is 31.7 Å². The number of nitrogens with zero attached hydrogens (tertiary/aromatic N) is 4. The highest BCUT2D eigenvalue weighted by atomic mass is 19.1. The second-order valence-corrected chi connectivity index (χ2v) is 7.01.